The highest BCUT2D eigenvalue weighted by molar-refractivity contribution is 7.87. The van der Waals surface area contributed by atoms with E-state index in [9.17, 15) is 27.4 Å². The lowest BCUT2D eigenvalue weighted by Crippen LogP contribution is -2.51. The molecular weight excluding hydrogens is 538 g/mol. The summed E-state index contributed by atoms with van der Waals surface area (Å²) >= 11 is 1.14. The molecule has 2 aromatic rings. The van der Waals surface area contributed by atoms with Crippen molar-refractivity contribution in [3.05, 3.63) is 23.9 Å². The third-order valence-electron chi connectivity index (χ3n) is 4.76. The zero-order chi connectivity index (χ0) is 28.8. The number of methoxy groups -OCH3 is 1. The number of carbonyl (C=O) groups is 3. The van der Waals surface area contributed by atoms with E-state index in [0.29, 0.717) is 25.7 Å². The van der Waals surface area contributed by atoms with Crippen LogP contribution in [0.5, 0.6) is 5.75 Å². The number of hydrogen-bond acceptors (Lipinski definition) is 9. The zero-order valence-corrected chi connectivity index (χ0v) is 23.9. The highest BCUT2D eigenvalue weighted by Crippen LogP contribution is 2.39. The molecule has 0 unspecified atom stereocenters. The molecule has 0 aliphatic heterocycles. The molecule has 0 radical (unpaired) electrons. The molecule has 1 heterocycles. The van der Waals surface area contributed by atoms with Gasteiger partial charge in [0.1, 0.15) is 17.0 Å². The molecule has 38 heavy (non-hydrogen) atoms. The number of aryl methyl sites for hydroxylation is 1. The molecule has 0 fully saturated rings. The summed E-state index contributed by atoms with van der Waals surface area (Å²) in [5.74, 6) is -0.530. The van der Waals surface area contributed by atoms with Gasteiger partial charge in [0.2, 0.25) is 11.8 Å². The van der Waals surface area contributed by atoms with Crippen molar-refractivity contribution in [2.75, 3.05) is 29.9 Å². The van der Waals surface area contributed by atoms with Crippen LogP contribution in [0.1, 0.15) is 46.7 Å². The van der Waals surface area contributed by atoms with Gasteiger partial charge in [0, 0.05) is 26.4 Å². The van der Waals surface area contributed by atoms with Crippen molar-refractivity contribution in [1.82, 2.24) is 15.3 Å². The monoisotopic (exact) mass is 571 g/mol. The van der Waals surface area contributed by atoms with Crippen LogP contribution in [-0.2, 0) is 24.6 Å². The normalized spacial score (nSPS) is 11.5. The lowest BCUT2D eigenvalue weighted by atomic mass is 10.1. The van der Waals surface area contributed by atoms with Gasteiger partial charge in [0.05, 0.1) is 17.7 Å². The van der Waals surface area contributed by atoms with E-state index < -0.39 is 22.0 Å². The molecule has 0 saturated heterocycles. The Balaban J connectivity index is 2.49. The Morgan fingerprint density at radius 3 is 2.39 bits per heavy atom. The first kappa shape index (κ1) is 30.8. The van der Waals surface area contributed by atoms with Gasteiger partial charge in [-0.2, -0.15) is 8.42 Å². The number of aromatic nitrogens is 1. The first-order valence-corrected chi connectivity index (χ1v) is 13.8. The summed E-state index contributed by atoms with van der Waals surface area (Å²) in [6, 6.07) is 4.55. The van der Waals surface area contributed by atoms with Crippen LogP contribution in [0.4, 0.5) is 15.6 Å². The van der Waals surface area contributed by atoms with Gasteiger partial charge in [-0.05, 0) is 58.4 Å². The molecule has 0 aliphatic carbocycles. The quantitative estimate of drug-likeness (QED) is 0.286. The van der Waals surface area contributed by atoms with Gasteiger partial charge in [0.15, 0.2) is 5.13 Å². The summed E-state index contributed by atoms with van der Waals surface area (Å²) in [4.78, 5) is 41.0. The molecule has 0 aliphatic rings. The van der Waals surface area contributed by atoms with Crippen molar-refractivity contribution >= 4 is 50.4 Å². The van der Waals surface area contributed by atoms with E-state index in [1.807, 2.05) is 0 Å². The van der Waals surface area contributed by atoms with Gasteiger partial charge < -0.3 is 20.1 Å². The molecule has 210 valence electrons. The van der Waals surface area contributed by atoms with Gasteiger partial charge in [-0.25, -0.2) is 14.8 Å². The van der Waals surface area contributed by atoms with Crippen LogP contribution in [0.3, 0.4) is 0 Å². The minimum absolute atomic E-state index is 0.0566. The fourth-order valence-corrected chi connectivity index (χ4v) is 5.06. The smallest absolute Gasteiger partial charge is 0.430 e. The topological polar surface area (TPSA) is 167 Å². The third kappa shape index (κ3) is 8.29. The Morgan fingerprint density at radius 2 is 1.87 bits per heavy atom. The van der Waals surface area contributed by atoms with E-state index in [-0.39, 0.29) is 42.8 Å². The molecule has 1 aromatic heterocycles. The van der Waals surface area contributed by atoms with Gasteiger partial charge in [0.25, 0.3) is 0 Å². The number of ether oxygens (including phenoxy) is 2. The van der Waals surface area contributed by atoms with Crippen LogP contribution in [0.25, 0.3) is 10.4 Å². The standard InChI is InChI=1S/C23H33N5O8S2/c1-8-27(22(31)36-23(4,5)6)28(38(32,33)34)17-13-16(9-10-18(17)35-7)20-14(2)25-21(37-20)26-19(30)11-12-24-15(3)29/h9-10,13H,8,11-12H2,1-7H3,(H,24,29)(H,25,26,30)(H,32,33,34). The molecule has 0 atom stereocenters. The molecule has 15 heteroatoms. The fraction of sp³-hybridized carbons (Fsp3) is 0.478. The lowest BCUT2D eigenvalue weighted by Gasteiger charge is -2.34. The summed E-state index contributed by atoms with van der Waals surface area (Å²) in [6.07, 6.45) is -0.940. The first-order chi connectivity index (χ1) is 17.6. The van der Waals surface area contributed by atoms with Gasteiger partial charge in [-0.1, -0.05) is 11.3 Å². The summed E-state index contributed by atoms with van der Waals surface area (Å²) < 4.78 is 46.3. The summed E-state index contributed by atoms with van der Waals surface area (Å²) in [7, 11) is -3.70. The SMILES string of the molecule is CCN(C(=O)OC(C)(C)C)N(c1cc(-c2sc(NC(=O)CCNC(C)=O)nc2C)ccc1OC)S(=O)(=O)O. The number of hydrogen-bond donors (Lipinski definition) is 3. The molecule has 0 spiro atoms. The Kier molecular flexibility index (Phi) is 10.1. The minimum Gasteiger partial charge on any atom is -0.494 e. The number of carbonyl (C=O) groups excluding carboxylic acids is 3. The predicted octanol–water partition coefficient (Wildman–Crippen LogP) is 3.37. The van der Waals surface area contributed by atoms with Crippen molar-refractivity contribution in [2.24, 2.45) is 0 Å². The van der Waals surface area contributed by atoms with Gasteiger partial charge >= 0.3 is 16.4 Å². The average Bonchev–Trinajstić information content (AvgIpc) is 3.14. The number of anilines is 2. The molecule has 2 rings (SSSR count). The van der Waals surface area contributed by atoms with E-state index in [0.717, 1.165) is 16.3 Å². The van der Waals surface area contributed by atoms with Crippen LogP contribution in [-0.4, -0.2) is 66.7 Å². The van der Waals surface area contributed by atoms with E-state index in [2.05, 4.69) is 15.6 Å². The highest BCUT2D eigenvalue weighted by Gasteiger charge is 2.35. The maximum atomic E-state index is 12.9. The third-order valence-corrected chi connectivity index (χ3v) is 6.71. The first-order valence-electron chi connectivity index (χ1n) is 11.6. The van der Waals surface area contributed by atoms with Gasteiger partial charge in [-0.15, -0.1) is 4.41 Å². The largest absolute Gasteiger partial charge is 0.494 e. The number of benzene rings is 1. The van der Waals surface area contributed by atoms with Crippen LogP contribution >= 0.6 is 11.3 Å². The van der Waals surface area contributed by atoms with Crippen molar-refractivity contribution in [3.63, 3.8) is 0 Å². The number of amides is 3. The number of thiazole rings is 1. The second-order valence-electron chi connectivity index (χ2n) is 9.02. The molecule has 0 saturated carbocycles. The molecule has 3 amide bonds. The van der Waals surface area contributed by atoms with Crippen molar-refractivity contribution in [3.8, 4) is 16.2 Å². The van der Waals surface area contributed by atoms with Crippen LogP contribution in [0.15, 0.2) is 18.2 Å². The Bertz CT molecular complexity index is 1290. The molecule has 3 N–H and O–H groups in total. The summed E-state index contributed by atoms with van der Waals surface area (Å²) in [6.45, 7) is 9.48. The van der Waals surface area contributed by atoms with E-state index in [4.69, 9.17) is 9.47 Å². The maximum Gasteiger partial charge on any atom is 0.430 e. The van der Waals surface area contributed by atoms with Crippen LogP contribution in [0, 0.1) is 6.92 Å². The Morgan fingerprint density at radius 1 is 1.21 bits per heavy atom. The summed E-state index contributed by atoms with van der Waals surface area (Å²) in [5, 5.41) is 6.25. The van der Waals surface area contributed by atoms with E-state index >= 15 is 0 Å². The van der Waals surface area contributed by atoms with Crippen LogP contribution < -0.4 is 19.8 Å². The highest BCUT2D eigenvalue weighted by atomic mass is 32.2. The Hall–Kier alpha value is -3.43. The van der Waals surface area contributed by atoms with Gasteiger partial charge in [-0.3, -0.25) is 14.1 Å². The molecule has 0 bridgehead atoms. The van der Waals surface area contributed by atoms with Crippen LogP contribution in [0.2, 0.25) is 0 Å². The van der Waals surface area contributed by atoms with E-state index in [1.165, 1.54) is 33.1 Å². The molecule has 13 nitrogen and oxygen atoms in total. The number of hydrazine groups is 1. The second kappa shape index (κ2) is 12.4. The van der Waals surface area contributed by atoms with E-state index in [1.54, 1.807) is 33.8 Å². The maximum absolute atomic E-state index is 12.9. The van der Waals surface area contributed by atoms with Crippen molar-refractivity contribution in [1.29, 1.82) is 0 Å². The number of nitrogens with zero attached hydrogens (tertiary/aromatic N) is 3. The lowest BCUT2D eigenvalue weighted by molar-refractivity contribution is -0.119. The predicted molar refractivity (Wildman–Crippen MR) is 143 cm³/mol. The van der Waals surface area contributed by atoms with Crippen molar-refractivity contribution in [2.45, 2.75) is 53.6 Å². The minimum atomic E-state index is -5.02. The van der Waals surface area contributed by atoms with Crippen molar-refractivity contribution < 1.29 is 36.8 Å². The summed E-state index contributed by atoms with van der Waals surface area (Å²) in [5.41, 5.74) is -0.0390. The Labute approximate surface area is 226 Å². The molecule has 1 aromatic carbocycles. The fourth-order valence-electron chi connectivity index (χ4n) is 3.26. The second-order valence-corrected chi connectivity index (χ2v) is 11.3. The average molecular weight is 572 g/mol. The number of rotatable bonds is 10. The zero-order valence-electron chi connectivity index (χ0n) is 22.3. The number of nitrogens with one attached hydrogen (secondary N) is 2. The molecular formula is C23H33N5O8S2.